The molecule has 3 rings (SSSR count). The lowest BCUT2D eigenvalue weighted by atomic mass is 10.1. The average Bonchev–Trinajstić information content (AvgIpc) is 3.08. The Hall–Kier alpha value is -2.45. The summed E-state index contributed by atoms with van der Waals surface area (Å²) in [5, 5.41) is 4.12. The van der Waals surface area contributed by atoms with Crippen LogP contribution < -0.4 is 0 Å². The first-order valence-electron chi connectivity index (χ1n) is 8.04. The first kappa shape index (κ1) is 20.3. The number of thioether (sulfide) groups is 1. The minimum Gasteiger partial charge on any atom is -0.454 e. The van der Waals surface area contributed by atoms with Crippen molar-refractivity contribution in [2.45, 2.75) is 18.0 Å². The number of carbonyl (C=O) groups is 1. The van der Waals surface area contributed by atoms with E-state index in [1.807, 2.05) is 0 Å². The lowest BCUT2D eigenvalue weighted by Gasteiger charge is -2.09. The SMILES string of the molecule is CC(=O)OCSc1ccc(-c2cc(C(F)(F)F)nn2-c2cccc(Cl)c2)cc1. The van der Waals surface area contributed by atoms with Crippen molar-refractivity contribution in [2.75, 3.05) is 5.94 Å². The molecule has 1 heterocycles. The maximum absolute atomic E-state index is 13.2. The highest BCUT2D eigenvalue weighted by molar-refractivity contribution is 7.99. The van der Waals surface area contributed by atoms with Crippen molar-refractivity contribution >= 4 is 29.3 Å². The van der Waals surface area contributed by atoms with Gasteiger partial charge >= 0.3 is 12.1 Å². The number of alkyl halides is 3. The Labute approximate surface area is 168 Å². The summed E-state index contributed by atoms with van der Waals surface area (Å²) < 4.78 is 45.7. The molecule has 0 aliphatic rings. The van der Waals surface area contributed by atoms with E-state index in [1.54, 1.807) is 48.5 Å². The van der Waals surface area contributed by atoms with Crippen molar-refractivity contribution in [1.29, 1.82) is 0 Å². The lowest BCUT2D eigenvalue weighted by molar-refractivity contribution is -0.141. The monoisotopic (exact) mass is 426 g/mol. The number of hydrogen-bond donors (Lipinski definition) is 0. The first-order valence-corrected chi connectivity index (χ1v) is 9.40. The number of benzene rings is 2. The number of esters is 1. The van der Waals surface area contributed by atoms with Gasteiger partial charge in [-0.15, -0.1) is 0 Å². The van der Waals surface area contributed by atoms with Gasteiger partial charge in [-0.1, -0.05) is 41.6 Å². The molecule has 28 heavy (non-hydrogen) atoms. The Bertz CT molecular complexity index is 988. The predicted molar refractivity (Wildman–Crippen MR) is 102 cm³/mol. The molecule has 0 aliphatic heterocycles. The van der Waals surface area contributed by atoms with E-state index < -0.39 is 11.9 Å². The number of rotatable bonds is 5. The number of nitrogens with zero attached hydrogens (tertiary/aromatic N) is 2. The quantitative estimate of drug-likeness (QED) is 0.293. The average molecular weight is 427 g/mol. The Morgan fingerprint density at radius 3 is 2.50 bits per heavy atom. The van der Waals surface area contributed by atoms with Gasteiger partial charge in [0.1, 0.15) is 5.94 Å². The highest BCUT2D eigenvalue weighted by Crippen LogP contribution is 2.34. The minimum atomic E-state index is -4.57. The fourth-order valence-corrected chi connectivity index (χ4v) is 3.31. The van der Waals surface area contributed by atoms with Crippen molar-refractivity contribution in [3.8, 4) is 16.9 Å². The predicted octanol–water partition coefficient (Wildman–Crippen LogP) is 5.82. The van der Waals surface area contributed by atoms with E-state index in [0.717, 1.165) is 11.0 Å². The molecule has 4 nitrogen and oxygen atoms in total. The van der Waals surface area contributed by atoms with Gasteiger partial charge in [-0.3, -0.25) is 4.79 Å². The molecular formula is C19H14ClF3N2O2S. The highest BCUT2D eigenvalue weighted by Gasteiger charge is 2.35. The third-order valence-electron chi connectivity index (χ3n) is 3.69. The molecule has 0 spiro atoms. The number of carbonyl (C=O) groups excluding carboxylic acids is 1. The normalized spacial score (nSPS) is 11.5. The van der Waals surface area contributed by atoms with Crippen LogP contribution in [0.1, 0.15) is 12.6 Å². The Kier molecular flexibility index (Phi) is 6.00. The summed E-state index contributed by atoms with van der Waals surface area (Å²) in [6.07, 6.45) is -4.57. The summed E-state index contributed by atoms with van der Waals surface area (Å²) in [7, 11) is 0. The second-order valence-electron chi connectivity index (χ2n) is 5.73. The van der Waals surface area contributed by atoms with E-state index in [1.165, 1.54) is 23.4 Å². The summed E-state index contributed by atoms with van der Waals surface area (Å²) in [6, 6.07) is 14.3. The molecule has 0 N–H and O–H groups in total. The topological polar surface area (TPSA) is 44.1 Å². The Morgan fingerprint density at radius 1 is 1.18 bits per heavy atom. The van der Waals surface area contributed by atoms with Crippen molar-refractivity contribution in [1.82, 2.24) is 9.78 Å². The zero-order valence-corrected chi connectivity index (χ0v) is 16.1. The molecule has 0 saturated heterocycles. The molecule has 0 amide bonds. The standard InChI is InChI=1S/C19H14ClF3N2O2S/c1-12(26)27-11-28-16-7-5-13(6-8-16)17-10-18(19(21,22)23)24-25(17)15-4-2-3-14(20)9-15/h2-10H,11H2,1H3. The number of ether oxygens (including phenoxy) is 1. The summed E-state index contributed by atoms with van der Waals surface area (Å²) in [4.78, 5) is 11.6. The van der Waals surface area contributed by atoms with Gasteiger partial charge in [-0.2, -0.15) is 18.3 Å². The molecule has 0 fully saturated rings. The highest BCUT2D eigenvalue weighted by atomic mass is 35.5. The van der Waals surface area contributed by atoms with E-state index in [0.29, 0.717) is 16.3 Å². The van der Waals surface area contributed by atoms with Crippen molar-refractivity contribution in [3.05, 3.63) is 65.3 Å². The van der Waals surface area contributed by atoms with Crippen LogP contribution in [0.2, 0.25) is 5.02 Å². The van der Waals surface area contributed by atoms with Gasteiger partial charge < -0.3 is 4.74 Å². The maximum Gasteiger partial charge on any atom is 0.435 e. The molecule has 1 aromatic heterocycles. The summed E-state index contributed by atoms with van der Waals surface area (Å²) in [5.41, 5.74) is 0.271. The first-order chi connectivity index (χ1) is 13.2. The number of halogens is 4. The van der Waals surface area contributed by atoms with Crippen LogP contribution in [0.25, 0.3) is 16.9 Å². The molecule has 2 aromatic carbocycles. The molecule has 9 heteroatoms. The summed E-state index contributed by atoms with van der Waals surface area (Å²) in [5.74, 6) is -0.220. The summed E-state index contributed by atoms with van der Waals surface area (Å²) in [6.45, 7) is 1.32. The number of hydrogen-bond acceptors (Lipinski definition) is 4. The molecule has 0 unspecified atom stereocenters. The van der Waals surface area contributed by atoms with Crippen LogP contribution in [-0.2, 0) is 15.7 Å². The molecule has 0 aliphatic carbocycles. The van der Waals surface area contributed by atoms with Crippen LogP contribution in [0.5, 0.6) is 0 Å². The molecule has 3 aromatic rings. The molecular weight excluding hydrogens is 413 g/mol. The second-order valence-corrected chi connectivity index (χ2v) is 7.16. The Balaban J connectivity index is 1.96. The minimum absolute atomic E-state index is 0.160. The smallest absolute Gasteiger partial charge is 0.435 e. The van der Waals surface area contributed by atoms with Crippen LogP contribution >= 0.6 is 23.4 Å². The molecule has 0 saturated carbocycles. The zero-order valence-electron chi connectivity index (χ0n) is 14.5. The Morgan fingerprint density at radius 2 is 1.89 bits per heavy atom. The molecule has 146 valence electrons. The van der Waals surface area contributed by atoms with Crippen molar-refractivity contribution < 1.29 is 22.7 Å². The zero-order chi connectivity index (χ0) is 20.3. The van der Waals surface area contributed by atoms with Crippen LogP contribution in [0.15, 0.2) is 59.5 Å². The fraction of sp³-hybridized carbons (Fsp3) is 0.158. The van der Waals surface area contributed by atoms with Crippen LogP contribution in [-0.4, -0.2) is 21.7 Å². The summed E-state index contributed by atoms with van der Waals surface area (Å²) >= 11 is 7.28. The van der Waals surface area contributed by atoms with Crippen molar-refractivity contribution in [2.24, 2.45) is 0 Å². The third kappa shape index (κ3) is 4.88. The van der Waals surface area contributed by atoms with E-state index in [4.69, 9.17) is 16.3 Å². The molecule has 0 bridgehead atoms. The van der Waals surface area contributed by atoms with E-state index in [-0.39, 0.29) is 17.6 Å². The molecule has 0 atom stereocenters. The maximum atomic E-state index is 13.2. The van der Waals surface area contributed by atoms with Gasteiger partial charge in [0.25, 0.3) is 0 Å². The number of aromatic nitrogens is 2. The van der Waals surface area contributed by atoms with E-state index in [9.17, 15) is 18.0 Å². The van der Waals surface area contributed by atoms with Crippen LogP contribution in [0.4, 0.5) is 13.2 Å². The van der Waals surface area contributed by atoms with Gasteiger partial charge in [0.2, 0.25) is 0 Å². The lowest BCUT2D eigenvalue weighted by Crippen LogP contribution is -2.07. The van der Waals surface area contributed by atoms with Gasteiger partial charge in [0, 0.05) is 22.4 Å². The van der Waals surface area contributed by atoms with Gasteiger partial charge in [-0.25, -0.2) is 4.68 Å². The van der Waals surface area contributed by atoms with Gasteiger partial charge in [0.15, 0.2) is 5.69 Å². The van der Waals surface area contributed by atoms with E-state index >= 15 is 0 Å². The molecule has 0 radical (unpaired) electrons. The van der Waals surface area contributed by atoms with Crippen LogP contribution in [0.3, 0.4) is 0 Å². The largest absolute Gasteiger partial charge is 0.454 e. The fourth-order valence-electron chi connectivity index (χ4n) is 2.43. The van der Waals surface area contributed by atoms with E-state index in [2.05, 4.69) is 5.10 Å². The van der Waals surface area contributed by atoms with Crippen LogP contribution in [0, 0.1) is 0 Å². The third-order valence-corrected chi connectivity index (χ3v) is 4.77. The van der Waals surface area contributed by atoms with Gasteiger partial charge in [-0.05, 0) is 36.4 Å². The van der Waals surface area contributed by atoms with Crippen molar-refractivity contribution in [3.63, 3.8) is 0 Å². The second kappa shape index (κ2) is 8.28. The van der Waals surface area contributed by atoms with Gasteiger partial charge in [0.05, 0.1) is 11.4 Å².